The highest BCUT2D eigenvalue weighted by Crippen LogP contribution is 2.40. The second-order valence-electron chi connectivity index (χ2n) is 16.8. The molecule has 308 valence electrons. The van der Waals surface area contributed by atoms with Crippen molar-refractivity contribution in [3.63, 3.8) is 0 Å². The fourth-order valence-electron chi connectivity index (χ4n) is 7.96. The first-order chi connectivity index (χ1) is 27.2. The van der Waals surface area contributed by atoms with Crippen molar-refractivity contribution in [3.05, 3.63) is 126 Å². The van der Waals surface area contributed by atoms with Crippen LogP contribution in [0.15, 0.2) is 72.8 Å². The van der Waals surface area contributed by atoms with E-state index in [2.05, 4.69) is 123 Å². The van der Waals surface area contributed by atoms with E-state index < -0.39 is 0 Å². The molecule has 57 heavy (non-hydrogen) atoms. The molecule has 4 aromatic rings. The van der Waals surface area contributed by atoms with Crippen LogP contribution in [0.3, 0.4) is 0 Å². The molecule has 2 aliphatic heterocycles. The van der Waals surface area contributed by atoms with Gasteiger partial charge in [-0.1, -0.05) is 70.7 Å². The van der Waals surface area contributed by atoms with Crippen LogP contribution < -0.4 is 10.6 Å². The third-order valence-corrected chi connectivity index (χ3v) is 12.2. The Labute approximate surface area is 360 Å². The number of hydrogen-bond acceptors (Lipinski definition) is 7. The molecule has 0 fully saturated rings. The van der Waals surface area contributed by atoms with Crippen LogP contribution >= 0.6 is 46.4 Å². The van der Waals surface area contributed by atoms with E-state index in [0.29, 0.717) is 43.0 Å². The van der Waals surface area contributed by atoms with Crippen molar-refractivity contribution < 1.29 is 14.2 Å². The Morgan fingerprint density at radius 2 is 1.09 bits per heavy atom. The van der Waals surface area contributed by atoms with Gasteiger partial charge in [-0.3, -0.25) is 0 Å². The Kier molecular flexibility index (Phi) is 15.2. The van der Waals surface area contributed by atoms with E-state index in [9.17, 15) is 0 Å². The van der Waals surface area contributed by atoms with Crippen molar-refractivity contribution in [1.82, 2.24) is 9.80 Å². The van der Waals surface area contributed by atoms with Crippen LogP contribution in [-0.2, 0) is 27.3 Å². The number of rotatable bonds is 18. The molecule has 11 heteroatoms. The maximum Gasteiger partial charge on any atom is 0.0707 e. The van der Waals surface area contributed by atoms with Crippen molar-refractivity contribution in [3.8, 4) is 0 Å². The fraction of sp³-hybridized carbons (Fsp3) is 0.478. The van der Waals surface area contributed by atoms with Crippen molar-refractivity contribution in [1.29, 1.82) is 0 Å². The second-order valence-corrected chi connectivity index (χ2v) is 18.5. The van der Waals surface area contributed by atoms with Crippen LogP contribution in [0.1, 0.15) is 85.8 Å². The Hall–Kier alpha value is -2.56. The minimum Gasteiger partial charge on any atom is -0.385 e. The van der Waals surface area contributed by atoms with Crippen LogP contribution in [0.4, 0.5) is 11.4 Å². The van der Waals surface area contributed by atoms with Gasteiger partial charge in [0.05, 0.1) is 37.6 Å². The summed E-state index contributed by atoms with van der Waals surface area (Å²) < 4.78 is 18.5. The number of nitrogens with zero attached hydrogens (tertiary/aromatic N) is 2. The van der Waals surface area contributed by atoms with Gasteiger partial charge in [0, 0.05) is 82.6 Å². The van der Waals surface area contributed by atoms with Crippen LogP contribution in [-0.4, -0.2) is 87.7 Å². The molecular weight excluding hydrogens is 798 g/mol. The lowest BCUT2D eigenvalue weighted by Crippen LogP contribution is -2.33. The minimum absolute atomic E-state index is 0.201. The van der Waals surface area contributed by atoms with Crippen molar-refractivity contribution >= 4 is 57.8 Å². The van der Waals surface area contributed by atoms with Crippen LogP contribution in [0.5, 0.6) is 0 Å². The van der Waals surface area contributed by atoms with Crippen LogP contribution in [0.25, 0.3) is 0 Å². The first-order valence-electron chi connectivity index (χ1n) is 20.0. The predicted molar refractivity (Wildman–Crippen MR) is 239 cm³/mol. The molecule has 4 aromatic carbocycles. The Bertz CT molecular complexity index is 1970. The summed E-state index contributed by atoms with van der Waals surface area (Å²) in [5.74, 6) is 0.405. The predicted octanol–water partition coefficient (Wildman–Crippen LogP) is 11.4. The van der Waals surface area contributed by atoms with E-state index >= 15 is 0 Å². The first kappa shape index (κ1) is 44.0. The summed E-state index contributed by atoms with van der Waals surface area (Å²) in [7, 11) is 4.27. The monoisotopic (exact) mass is 854 g/mol. The summed E-state index contributed by atoms with van der Waals surface area (Å²) in [4.78, 5) is 4.63. The molecule has 6 rings (SSSR count). The highest BCUT2D eigenvalue weighted by molar-refractivity contribution is 6.35. The number of hydrogen-bond donors (Lipinski definition) is 2. The Morgan fingerprint density at radius 1 is 0.596 bits per heavy atom. The summed E-state index contributed by atoms with van der Waals surface area (Å²) in [6.07, 6.45) is 1.65. The molecule has 0 aromatic heterocycles. The maximum atomic E-state index is 6.61. The molecule has 2 aliphatic rings. The maximum absolute atomic E-state index is 6.61. The molecule has 0 saturated carbocycles. The molecule has 7 nitrogen and oxygen atoms in total. The van der Waals surface area contributed by atoms with Gasteiger partial charge in [0.25, 0.3) is 0 Å². The largest absolute Gasteiger partial charge is 0.385 e. The molecular formula is C46H58Cl4N4O3. The molecule has 2 N–H and O–H groups in total. The van der Waals surface area contributed by atoms with Gasteiger partial charge in [-0.25, -0.2) is 0 Å². The van der Waals surface area contributed by atoms with Gasteiger partial charge in [0.1, 0.15) is 0 Å². The van der Waals surface area contributed by atoms with E-state index in [4.69, 9.17) is 60.6 Å². The summed E-state index contributed by atoms with van der Waals surface area (Å²) >= 11 is 26.0. The van der Waals surface area contributed by atoms with Crippen LogP contribution in [0.2, 0.25) is 20.1 Å². The smallest absolute Gasteiger partial charge is 0.0707 e. The normalized spacial score (nSPS) is 17.6. The summed E-state index contributed by atoms with van der Waals surface area (Å²) in [5.41, 5.74) is 8.79. The lowest BCUT2D eigenvalue weighted by atomic mass is 9.84. The number of likely N-dealkylation sites (N-methyl/N-ethyl adjacent to an activating group) is 2. The van der Waals surface area contributed by atoms with Gasteiger partial charge in [-0.05, 0) is 137 Å². The fourth-order valence-corrected chi connectivity index (χ4v) is 9.10. The quantitative estimate of drug-likeness (QED) is 0.0967. The average molecular weight is 857 g/mol. The van der Waals surface area contributed by atoms with Gasteiger partial charge in [-0.2, -0.15) is 0 Å². The second kappa shape index (κ2) is 19.7. The summed E-state index contributed by atoms with van der Waals surface area (Å²) in [6.45, 7) is 15.7. The van der Waals surface area contributed by atoms with Crippen molar-refractivity contribution in [2.75, 3.05) is 77.3 Å². The van der Waals surface area contributed by atoms with Gasteiger partial charge in [-0.15, -0.1) is 0 Å². The van der Waals surface area contributed by atoms with Crippen molar-refractivity contribution in [2.24, 2.45) is 0 Å². The summed E-state index contributed by atoms with van der Waals surface area (Å²) in [5, 5.41) is 9.97. The van der Waals surface area contributed by atoms with E-state index in [1.54, 1.807) is 0 Å². The summed E-state index contributed by atoms with van der Waals surface area (Å²) in [6, 6.07) is 25.1. The zero-order valence-electron chi connectivity index (χ0n) is 34.2. The van der Waals surface area contributed by atoms with Crippen molar-refractivity contribution in [2.45, 2.75) is 76.7 Å². The van der Waals surface area contributed by atoms with E-state index in [0.717, 1.165) is 78.1 Å². The third kappa shape index (κ3) is 12.3. The SMILES string of the molecule is CN1Cc2c(Cl)cc(Cl)cc2C(c2cccc(NCCOCCOC(C)(C)CCOC(C)(C)CCNc3cccc(C4CN(C)Cc5c(Cl)cc(Cl)cc54)c3)c2)C1. The molecule has 0 saturated heterocycles. The number of nitrogens with one attached hydrogen (secondary N) is 2. The Morgan fingerprint density at radius 3 is 1.63 bits per heavy atom. The van der Waals surface area contributed by atoms with Gasteiger partial charge in [0.15, 0.2) is 0 Å². The van der Waals surface area contributed by atoms with Gasteiger partial charge < -0.3 is 34.6 Å². The number of benzene rings is 4. The van der Waals surface area contributed by atoms with E-state index in [-0.39, 0.29) is 23.0 Å². The van der Waals surface area contributed by atoms with Gasteiger partial charge >= 0.3 is 0 Å². The number of ether oxygens (including phenoxy) is 3. The highest BCUT2D eigenvalue weighted by Gasteiger charge is 2.29. The number of halogens is 4. The zero-order valence-corrected chi connectivity index (χ0v) is 37.2. The molecule has 0 radical (unpaired) electrons. The van der Waals surface area contributed by atoms with E-state index in [1.165, 1.54) is 22.3 Å². The molecule has 2 atom stereocenters. The molecule has 0 amide bonds. The third-order valence-electron chi connectivity index (χ3n) is 11.1. The molecule has 0 aliphatic carbocycles. The van der Waals surface area contributed by atoms with Crippen LogP contribution in [0, 0.1) is 0 Å². The number of anilines is 2. The minimum atomic E-state index is -0.322. The van der Waals surface area contributed by atoms with Gasteiger partial charge in [0.2, 0.25) is 0 Å². The molecule has 2 unspecified atom stereocenters. The topological polar surface area (TPSA) is 58.2 Å². The Balaban J connectivity index is 0.871. The zero-order chi connectivity index (χ0) is 40.7. The molecule has 0 spiro atoms. The highest BCUT2D eigenvalue weighted by atomic mass is 35.5. The molecule has 0 bridgehead atoms. The standard InChI is InChI=1S/C46H58Cl4N4O3/c1-45(2,13-15-51-35-11-7-9-31(21-35)39-27-53(5)29-41-37(39)23-33(47)25-43(41)49)56-17-14-46(3,4)57-20-19-55-18-16-52-36-12-8-10-32(22-36)40-28-54(6)30-42-38(40)24-34(48)26-44(42)50/h7-12,21-26,39-40,51-52H,13-20,27-30H2,1-6H3. The lowest BCUT2D eigenvalue weighted by molar-refractivity contribution is -0.0834. The van der Waals surface area contributed by atoms with E-state index in [1.807, 2.05) is 12.1 Å². The molecule has 2 heterocycles. The first-order valence-corrected chi connectivity index (χ1v) is 21.5. The lowest BCUT2D eigenvalue weighted by Gasteiger charge is -2.33. The average Bonchev–Trinajstić information content (AvgIpc) is 3.14. The number of fused-ring (bicyclic) bond motifs is 2.